The molecule has 0 radical (unpaired) electrons. The third-order valence-corrected chi connectivity index (χ3v) is 4.41. The molecule has 3 rings (SSSR count). The molecule has 0 saturated heterocycles. The fourth-order valence-corrected chi connectivity index (χ4v) is 3.50. The molecule has 2 aromatic carbocycles. The summed E-state index contributed by atoms with van der Waals surface area (Å²) in [6.45, 7) is 2.04. The number of fused-ring (bicyclic) bond motifs is 1. The van der Waals surface area contributed by atoms with Crippen LogP contribution in [0, 0.1) is 0 Å². The van der Waals surface area contributed by atoms with Crippen molar-refractivity contribution in [2.24, 2.45) is 0 Å². The molecule has 20 heavy (non-hydrogen) atoms. The van der Waals surface area contributed by atoms with Crippen LogP contribution in [-0.4, -0.2) is 5.37 Å². The zero-order valence-corrected chi connectivity index (χ0v) is 11.5. The van der Waals surface area contributed by atoms with E-state index in [1.54, 1.807) is 11.8 Å². The zero-order chi connectivity index (χ0) is 14.3. The summed E-state index contributed by atoms with van der Waals surface area (Å²) in [5.41, 5.74) is 1.21. The zero-order valence-electron chi connectivity index (χ0n) is 10.7. The maximum absolute atomic E-state index is 12.6. The Bertz CT molecular complexity index is 622. The Labute approximate surface area is 119 Å². The number of hydrogen-bond donors (Lipinski definition) is 0. The maximum atomic E-state index is 12.6. The predicted molar refractivity (Wildman–Crippen MR) is 75.3 cm³/mol. The lowest BCUT2D eigenvalue weighted by Crippen LogP contribution is -2.20. The maximum Gasteiger partial charge on any atom is 0.416 e. The van der Waals surface area contributed by atoms with Crippen LogP contribution in [0.4, 0.5) is 24.5 Å². The lowest BCUT2D eigenvalue weighted by Gasteiger charge is -2.24. The topological polar surface area (TPSA) is 3.24 Å². The van der Waals surface area contributed by atoms with E-state index in [1.807, 2.05) is 31.2 Å². The van der Waals surface area contributed by atoms with E-state index in [-0.39, 0.29) is 5.37 Å². The van der Waals surface area contributed by atoms with Gasteiger partial charge in [-0.2, -0.15) is 13.2 Å². The second-order valence-electron chi connectivity index (χ2n) is 4.60. The molecule has 2 aromatic rings. The summed E-state index contributed by atoms with van der Waals surface area (Å²) in [4.78, 5) is 3.21. The third-order valence-electron chi connectivity index (χ3n) is 3.26. The fraction of sp³-hybridized carbons (Fsp3) is 0.200. The van der Waals surface area contributed by atoms with Crippen molar-refractivity contribution in [3.8, 4) is 0 Å². The molecular formula is C15H12F3NS. The van der Waals surface area contributed by atoms with E-state index >= 15 is 0 Å². The van der Waals surface area contributed by atoms with Crippen LogP contribution in [0.25, 0.3) is 0 Å². The second-order valence-corrected chi connectivity index (χ2v) is 5.96. The highest BCUT2D eigenvalue weighted by molar-refractivity contribution is 8.00. The molecule has 0 N–H and O–H groups in total. The van der Waals surface area contributed by atoms with Gasteiger partial charge in [-0.05, 0) is 43.3 Å². The summed E-state index contributed by atoms with van der Waals surface area (Å²) in [5.74, 6) is 0. The summed E-state index contributed by atoms with van der Waals surface area (Å²) in [5, 5.41) is 0.170. The standard InChI is InChI=1S/C15H12F3NS/c1-10-19(13-4-2-3-5-14(13)20-10)12-8-6-11(7-9-12)15(16,17)18/h2-10H,1H3. The van der Waals surface area contributed by atoms with E-state index in [1.165, 1.54) is 12.1 Å². The van der Waals surface area contributed by atoms with Crippen molar-refractivity contribution in [3.63, 3.8) is 0 Å². The summed E-state index contributed by atoms with van der Waals surface area (Å²) in [6, 6.07) is 13.2. The molecule has 1 atom stereocenters. The molecule has 1 unspecified atom stereocenters. The molecule has 104 valence electrons. The van der Waals surface area contributed by atoms with Gasteiger partial charge in [0.05, 0.1) is 16.6 Å². The van der Waals surface area contributed by atoms with Gasteiger partial charge in [0, 0.05) is 10.6 Å². The SMILES string of the molecule is CC1Sc2ccccc2N1c1ccc(C(F)(F)F)cc1. The molecule has 0 amide bonds. The van der Waals surface area contributed by atoms with Crippen LogP contribution in [0.3, 0.4) is 0 Å². The molecule has 0 bridgehead atoms. The molecule has 0 aliphatic carbocycles. The molecule has 0 saturated carbocycles. The van der Waals surface area contributed by atoms with Crippen LogP contribution in [0.15, 0.2) is 53.4 Å². The van der Waals surface area contributed by atoms with Gasteiger partial charge in [-0.25, -0.2) is 0 Å². The molecule has 0 fully saturated rings. The molecule has 5 heteroatoms. The number of anilines is 2. The number of hydrogen-bond acceptors (Lipinski definition) is 2. The molecule has 0 aromatic heterocycles. The van der Waals surface area contributed by atoms with Crippen molar-refractivity contribution < 1.29 is 13.2 Å². The van der Waals surface area contributed by atoms with Crippen LogP contribution in [0.5, 0.6) is 0 Å². The van der Waals surface area contributed by atoms with E-state index < -0.39 is 11.7 Å². The fourth-order valence-electron chi connectivity index (χ4n) is 2.35. The van der Waals surface area contributed by atoms with E-state index in [0.29, 0.717) is 0 Å². The molecule has 0 spiro atoms. The molecular weight excluding hydrogens is 283 g/mol. The molecule has 1 nitrogen and oxygen atoms in total. The first kappa shape index (κ1) is 13.4. The highest BCUT2D eigenvalue weighted by Crippen LogP contribution is 2.47. The lowest BCUT2D eigenvalue weighted by molar-refractivity contribution is -0.137. The van der Waals surface area contributed by atoms with Gasteiger partial charge in [0.2, 0.25) is 0 Å². The van der Waals surface area contributed by atoms with Gasteiger partial charge in [-0.1, -0.05) is 23.9 Å². The Hall–Kier alpha value is -1.62. The average Bonchev–Trinajstić information content (AvgIpc) is 2.73. The van der Waals surface area contributed by atoms with Crippen molar-refractivity contribution in [2.75, 3.05) is 4.90 Å². The van der Waals surface area contributed by atoms with E-state index in [9.17, 15) is 13.2 Å². The Balaban J connectivity index is 1.98. The number of thioether (sulfide) groups is 1. The number of alkyl halides is 3. The first-order chi connectivity index (χ1) is 9.47. The number of benzene rings is 2. The van der Waals surface area contributed by atoms with Crippen molar-refractivity contribution in [2.45, 2.75) is 23.4 Å². The highest BCUT2D eigenvalue weighted by Gasteiger charge is 2.31. The Morgan fingerprint density at radius 3 is 2.30 bits per heavy atom. The number of para-hydroxylation sites is 1. The van der Waals surface area contributed by atoms with Gasteiger partial charge in [-0.15, -0.1) is 0 Å². The van der Waals surface area contributed by atoms with E-state index in [2.05, 4.69) is 4.90 Å². The summed E-state index contributed by atoms with van der Waals surface area (Å²) in [6.07, 6.45) is -4.29. The minimum atomic E-state index is -4.29. The van der Waals surface area contributed by atoms with Crippen LogP contribution in [0.1, 0.15) is 12.5 Å². The van der Waals surface area contributed by atoms with Gasteiger partial charge in [-0.3, -0.25) is 0 Å². The van der Waals surface area contributed by atoms with E-state index in [0.717, 1.165) is 28.4 Å². The van der Waals surface area contributed by atoms with Crippen molar-refractivity contribution in [3.05, 3.63) is 54.1 Å². The number of nitrogens with zero attached hydrogens (tertiary/aromatic N) is 1. The summed E-state index contributed by atoms with van der Waals surface area (Å²) >= 11 is 1.71. The third kappa shape index (κ3) is 2.26. The monoisotopic (exact) mass is 295 g/mol. The minimum absolute atomic E-state index is 0.170. The van der Waals surface area contributed by atoms with Crippen LogP contribution in [0.2, 0.25) is 0 Å². The van der Waals surface area contributed by atoms with Crippen molar-refractivity contribution in [1.29, 1.82) is 0 Å². The average molecular weight is 295 g/mol. The van der Waals surface area contributed by atoms with Crippen molar-refractivity contribution in [1.82, 2.24) is 0 Å². The van der Waals surface area contributed by atoms with Crippen molar-refractivity contribution >= 4 is 23.1 Å². The van der Waals surface area contributed by atoms with Crippen LogP contribution < -0.4 is 4.90 Å². The Morgan fingerprint density at radius 2 is 1.65 bits per heavy atom. The van der Waals surface area contributed by atoms with Gasteiger partial charge in [0.25, 0.3) is 0 Å². The molecule has 1 aliphatic heterocycles. The van der Waals surface area contributed by atoms with E-state index in [4.69, 9.17) is 0 Å². The largest absolute Gasteiger partial charge is 0.416 e. The Kier molecular flexibility index (Phi) is 3.17. The normalized spacial score (nSPS) is 18.2. The summed E-state index contributed by atoms with van der Waals surface area (Å²) in [7, 11) is 0. The summed E-state index contributed by atoms with van der Waals surface area (Å²) < 4.78 is 37.8. The quantitative estimate of drug-likeness (QED) is 0.702. The number of rotatable bonds is 1. The predicted octanol–water partition coefficient (Wildman–Crippen LogP) is 5.30. The smallest absolute Gasteiger partial charge is 0.328 e. The highest BCUT2D eigenvalue weighted by atomic mass is 32.2. The van der Waals surface area contributed by atoms with Gasteiger partial charge in [0.15, 0.2) is 0 Å². The Morgan fingerprint density at radius 1 is 1.00 bits per heavy atom. The molecule has 1 aliphatic rings. The van der Waals surface area contributed by atoms with Crippen LogP contribution >= 0.6 is 11.8 Å². The van der Waals surface area contributed by atoms with Gasteiger partial charge >= 0.3 is 6.18 Å². The number of halogens is 3. The first-order valence-corrected chi connectivity index (χ1v) is 7.07. The van der Waals surface area contributed by atoms with Gasteiger partial charge in [0.1, 0.15) is 0 Å². The van der Waals surface area contributed by atoms with Gasteiger partial charge < -0.3 is 4.90 Å². The minimum Gasteiger partial charge on any atom is -0.328 e. The lowest BCUT2D eigenvalue weighted by atomic mass is 10.1. The second kappa shape index (κ2) is 4.74. The molecule has 1 heterocycles. The first-order valence-electron chi connectivity index (χ1n) is 6.19. The van der Waals surface area contributed by atoms with Crippen LogP contribution in [-0.2, 0) is 6.18 Å².